The molecule has 306 valence electrons. The normalized spacial score (nSPS) is 22.6. The van der Waals surface area contributed by atoms with Gasteiger partial charge in [-0.15, -0.1) is 11.3 Å². The first-order chi connectivity index (χ1) is 26.3. The van der Waals surface area contributed by atoms with Crippen molar-refractivity contribution < 1.29 is 28.7 Å². The van der Waals surface area contributed by atoms with E-state index in [1.807, 2.05) is 68.3 Å². The number of carbonyl (C=O) groups is 4. The average Bonchev–Trinajstić information content (AvgIpc) is 3.90. The SMILES string of the molecule is CC[C@H](C)[C@@H]([C@@H](CC(=O)N1CCC[C@H]1[C@H](OC)[C@@H](C)C(=O)N[C@@H](Cc1ccccc1)c1nccs1)OC)N(C)C(=O)[C@@H](NC(=O)[C@]1(C)CCCCN1)C(C)C. The van der Waals surface area contributed by atoms with E-state index in [-0.39, 0.29) is 54.0 Å². The maximum absolute atomic E-state index is 14.3. The van der Waals surface area contributed by atoms with Gasteiger partial charge in [0.25, 0.3) is 0 Å². The lowest BCUT2D eigenvalue weighted by molar-refractivity contribution is -0.148. The lowest BCUT2D eigenvalue weighted by atomic mass is 9.88. The zero-order valence-electron chi connectivity index (χ0n) is 34.5. The largest absolute Gasteiger partial charge is 0.379 e. The second-order valence-electron chi connectivity index (χ2n) is 16.1. The smallest absolute Gasteiger partial charge is 0.245 e. The van der Waals surface area contributed by atoms with E-state index in [0.29, 0.717) is 25.8 Å². The van der Waals surface area contributed by atoms with Gasteiger partial charge in [0.15, 0.2) is 0 Å². The molecule has 4 rings (SSSR count). The Labute approximate surface area is 332 Å². The summed E-state index contributed by atoms with van der Waals surface area (Å²) in [7, 11) is 4.95. The van der Waals surface area contributed by atoms with Crippen molar-refractivity contribution in [1.29, 1.82) is 0 Å². The van der Waals surface area contributed by atoms with Gasteiger partial charge in [-0.25, -0.2) is 4.98 Å². The van der Waals surface area contributed by atoms with Crippen LogP contribution in [-0.4, -0.2) is 109 Å². The van der Waals surface area contributed by atoms with Gasteiger partial charge >= 0.3 is 0 Å². The summed E-state index contributed by atoms with van der Waals surface area (Å²) in [5.41, 5.74) is 0.370. The minimum absolute atomic E-state index is 0.000717. The van der Waals surface area contributed by atoms with Crippen molar-refractivity contribution in [1.82, 2.24) is 30.7 Å². The van der Waals surface area contributed by atoms with E-state index in [1.165, 1.54) is 11.3 Å². The zero-order chi connectivity index (χ0) is 40.3. The van der Waals surface area contributed by atoms with Gasteiger partial charge in [0.2, 0.25) is 23.6 Å². The number of ether oxygens (including phenoxy) is 2. The van der Waals surface area contributed by atoms with Gasteiger partial charge < -0.3 is 35.2 Å². The molecule has 0 spiro atoms. The highest BCUT2D eigenvalue weighted by atomic mass is 32.1. The van der Waals surface area contributed by atoms with Crippen LogP contribution in [0.5, 0.6) is 0 Å². The van der Waals surface area contributed by atoms with Gasteiger partial charge in [0.1, 0.15) is 11.0 Å². The minimum Gasteiger partial charge on any atom is -0.379 e. The van der Waals surface area contributed by atoms with Crippen molar-refractivity contribution in [3.05, 3.63) is 52.5 Å². The average molecular weight is 783 g/mol. The van der Waals surface area contributed by atoms with E-state index in [9.17, 15) is 19.2 Å². The number of hydrogen-bond donors (Lipinski definition) is 3. The second kappa shape index (κ2) is 20.7. The highest BCUT2D eigenvalue weighted by Gasteiger charge is 2.44. The van der Waals surface area contributed by atoms with Gasteiger partial charge in [-0.3, -0.25) is 19.2 Å². The monoisotopic (exact) mass is 782 g/mol. The summed E-state index contributed by atoms with van der Waals surface area (Å²) in [6.07, 6.45) is 6.21. The Kier molecular flexibility index (Phi) is 16.7. The molecule has 3 N–H and O–H groups in total. The Morgan fingerprint density at radius 1 is 1.05 bits per heavy atom. The van der Waals surface area contributed by atoms with E-state index in [2.05, 4.69) is 34.8 Å². The van der Waals surface area contributed by atoms with Crippen molar-refractivity contribution in [2.75, 3.05) is 34.4 Å². The highest BCUT2D eigenvalue weighted by molar-refractivity contribution is 7.09. The van der Waals surface area contributed by atoms with Crippen molar-refractivity contribution in [3.8, 4) is 0 Å². The van der Waals surface area contributed by atoms with Gasteiger partial charge in [-0.2, -0.15) is 0 Å². The molecule has 0 aliphatic carbocycles. The van der Waals surface area contributed by atoms with Gasteiger partial charge in [0, 0.05) is 39.4 Å². The topological polar surface area (TPSA) is 142 Å². The molecular weight excluding hydrogens is 717 g/mol. The van der Waals surface area contributed by atoms with E-state index < -0.39 is 35.7 Å². The molecule has 0 radical (unpaired) electrons. The lowest BCUT2D eigenvalue weighted by Gasteiger charge is -2.41. The number of carbonyl (C=O) groups excluding carboxylic acids is 4. The maximum atomic E-state index is 14.3. The van der Waals surface area contributed by atoms with Crippen molar-refractivity contribution in [3.63, 3.8) is 0 Å². The number of aromatic nitrogens is 1. The Hall–Kier alpha value is -3.39. The van der Waals surface area contributed by atoms with Crippen LogP contribution < -0.4 is 16.0 Å². The standard InChI is InChI=1S/C42H66N6O6S/c1-10-28(4)36(47(7)40(51)35(27(2)3)46-41(52)42(6)20-14-15-21-44-42)33(53-8)26-34(49)48-23-16-19-32(48)37(54-9)29(5)38(50)45-31(39-43-22-24-55-39)25-30-17-12-11-13-18-30/h11-13,17-18,22,24,27-29,31-33,35-37,44H,10,14-16,19-21,23,25-26H2,1-9H3,(H,45,50)(H,46,52)/t28-,29+,31-,32-,33+,35-,36-,37+,42-/m0/s1. The predicted molar refractivity (Wildman–Crippen MR) is 216 cm³/mol. The molecule has 1 aromatic carbocycles. The number of methoxy groups -OCH3 is 2. The van der Waals surface area contributed by atoms with Crippen LogP contribution in [0.2, 0.25) is 0 Å². The number of benzene rings is 1. The zero-order valence-corrected chi connectivity index (χ0v) is 35.3. The Morgan fingerprint density at radius 3 is 2.36 bits per heavy atom. The third kappa shape index (κ3) is 11.1. The first kappa shape index (κ1) is 44.3. The highest BCUT2D eigenvalue weighted by Crippen LogP contribution is 2.31. The van der Waals surface area contributed by atoms with Crippen LogP contribution in [-0.2, 0) is 35.1 Å². The summed E-state index contributed by atoms with van der Waals surface area (Å²) < 4.78 is 12.1. The van der Waals surface area contributed by atoms with Gasteiger partial charge in [-0.1, -0.05) is 71.4 Å². The molecule has 0 unspecified atom stereocenters. The van der Waals surface area contributed by atoms with Crippen LogP contribution in [0.1, 0.15) is 103 Å². The molecule has 2 aliphatic rings. The molecular formula is C42H66N6O6S. The summed E-state index contributed by atoms with van der Waals surface area (Å²) in [5, 5.41) is 12.4. The lowest BCUT2D eigenvalue weighted by Crippen LogP contribution is -2.63. The fourth-order valence-corrected chi connectivity index (χ4v) is 9.04. The number of likely N-dealkylation sites (N-methyl/N-ethyl adjacent to an activating group) is 1. The fraction of sp³-hybridized carbons (Fsp3) is 0.690. The Bertz CT molecular complexity index is 1520. The maximum Gasteiger partial charge on any atom is 0.245 e. The Morgan fingerprint density at radius 2 is 1.78 bits per heavy atom. The summed E-state index contributed by atoms with van der Waals surface area (Å²) in [6.45, 7) is 13.1. The quantitative estimate of drug-likeness (QED) is 0.178. The molecule has 4 amide bonds. The molecule has 1 aromatic heterocycles. The molecule has 2 saturated heterocycles. The summed E-state index contributed by atoms with van der Waals surface area (Å²) in [5.74, 6) is -1.34. The van der Waals surface area contributed by atoms with E-state index in [1.54, 1.807) is 32.4 Å². The van der Waals surface area contributed by atoms with Gasteiger partial charge in [0.05, 0.1) is 48.2 Å². The van der Waals surface area contributed by atoms with Crippen LogP contribution in [0.15, 0.2) is 41.9 Å². The summed E-state index contributed by atoms with van der Waals surface area (Å²) >= 11 is 1.51. The predicted octanol–water partition coefficient (Wildman–Crippen LogP) is 5.14. The number of piperidine rings is 1. The first-order valence-electron chi connectivity index (χ1n) is 20.2. The molecule has 2 aromatic rings. The van der Waals surface area contributed by atoms with Crippen LogP contribution in [0.3, 0.4) is 0 Å². The molecule has 12 nitrogen and oxygen atoms in total. The minimum atomic E-state index is -0.737. The van der Waals surface area contributed by atoms with Crippen LogP contribution >= 0.6 is 11.3 Å². The molecule has 55 heavy (non-hydrogen) atoms. The van der Waals surface area contributed by atoms with Crippen molar-refractivity contribution in [2.24, 2.45) is 17.8 Å². The van der Waals surface area contributed by atoms with E-state index >= 15 is 0 Å². The summed E-state index contributed by atoms with van der Waals surface area (Å²) in [4.78, 5) is 64.1. The molecule has 2 fully saturated rings. The molecule has 9 atom stereocenters. The number of amides is 4. The number of nitrogens with zero attached hydrogens (tertiary/aromatic N) is 3. The molecule has 3 heterocycles. The Balaban J connectivity index is 1.47. The van der Waals surface area contributed by atoms with E-state index in [0.717, 1.165) is 42.8 Å². The van der Waals surface area contributed by atoms with Crippen molar-refractivity contribution in [2.45, 2.75) is 135 Å². The van der Waals surface area contributed by atoms with Crippen LogP contribution in [0.25, 0.3) is 0 Å². The van der Waals surface area contributed by atoms with E-state index in [4.69, 9.17) is 9.47 Å². The third-order valence-corrected chi connectivity index (χ3v) is 12.8. The van der Waals surface area contributed by atoms with Gasteiger partial charge in [-0.05, 0) is 69.4 Å². The molecule has 2 aliphatic heterocycles. The van der Waals surface area contributed by atoms with Crippen LogP contribution in [0.4, 0.5) is 0 Å². The summed E-state index contributed by atoms with van der Waals surface area (Å²) in [6, 6.07) is 8.25. The second-order valence-corrected chi connectivity index (χ2v) is 17.0. The number of rotatable bonds is 19. The number of likely N-dealkylation sites (tertiary alicyclic amines) is 1. The fourth-order valence-electron chi connectivity index (χ4n) is 8.35. The molecule has 13 heteroatoms. The molecule has 0 saturated carbocycles. The first-order valence-corrected chi connectivity index (χ1v) is 21.1. The van der Waals surface area contributed by atoms with Crippen molar-refractivity contribution >= 4 is 35.0 Å². The molecule has 0 bridgehead atoms. The number of thiazole rings is 1. The third-order valence-electron chi connectivity index (χ3n) is 11.9. The van der Waals surface area contributed by atoms with Crippen LogP contribution in [0, 0.1) is 17.8 Å². The number of hydrogen-bond acceptors (Lipinski definition) is 9. The number of nitrogens with one attached hydrogen (secondary N) is 3.